The number of hydrogen-bond acceptors (Lipinski definition) is 2. The summed E-state index contributed by atoms with van der Waals surface area (Å²) in [5, 5.41) is 3.17. The topological polar surface area (TPSA) is 37.0 Å². The van der Waals surface area contributed by atoms with Crippen LogP contribution in [0, 0.1) is 5.82 Å². The van der Waals surface area contributed by atoms with Gasteiger partial charge in [-0.3, -0.25) is 0 Å². The Balaban J connectivity index is 2.09. The van der Waals surface area contributed by atoms with Crippen LogP contribution in [0.15, 0.2) is 36.5 Å². The van der Waals surface area contributed by atoms with Crippen LogP contribution in [0.2, 0.25) is 0 Å². The molecular formula is C12H13FN2O. The number of methoxy groups -OCH3 is 1. The maximum absolute atomic E-state index is 12.9. The third-order valence-electron chi connectivity index (χ3n) is 2.30. The summed E-state index contributed by atoms with van der Waals surface area (Å²) in [5.74, 6) is 0.203. The van der Waals surface area contributed by atoms with Gasteiger partial charge in [0, 0.05) is 18.0 Å². The average Bonchev–Trinajstić information content (AvgIpc) is 2.80. The smallest absolute Gasteiger partial charge is 0.144 e. The summed E-state index contributed by atoms with van der Waals surface area (Å²) in [7, 11) is 1.52. The Kier molecular flexibility index (Phi) is 3.10. The van der Waals surface area contributed by atoms with Crippen LogP contribution in [0.5, 0.6) is 5.75 Å². The molecule has 2 rings (SSSR count). The van der Waals surface area contributed by atoms with E-state index in [1.165, 1.54) is 19.2 Å². The molecule has 0 aliphatic heterocycles. The maximum Gasteiger partial charge on any atom is 0.144 e. The van der Waals surface area contributed by atoms with E-state index in [4.69, 9.17) is 4.74 Å². The molecule has 0 aliphatic carbocycles. The Morgan fingerprint density at radius 1 is 1.38 bits per heavy atom. The van der Waals surface area contributed by atoms with E-state index < -0.39 is 0 Å². The number of halogens is 1. The molecule has 16 heavy (non-hydrogen) atoms. The molecule has 0 atom stereocenters. The number of ether oxygens (including phenoxy) is 1. The first-order chi connectivity index (χ1) is 7.79. The fraction of sp³-hybridized carbons (Fsp3) is 0.167. The molecule has 4 heteroatoms. The largest absolute Gasteiger partial charge is 0.494 e. The third-order valence-corrected chi connectivity index (χ3v) is 2.30. The van der Waals surface area contributed by atoms with Crippen molar-refractivity contribution in [2.75, 3.05) is 12.4 Å². The summed E-state index contributed by atoms with van der Waals surface area (Å²) in [4.78, 5) is 3.08. The van der Waals surface area contributed by atoms with Crippen molar-refractivity contribution in [3.63, 3.8) is 0 Å². The SMILES string of the molecule is COc1cc(F)ccc1NCc1ccc[nH]1. The van der Waals surface area contributed by atoms with Gasteiger partial charge >= 0.3 is 0 Å². The molecule has 0 saturated heterocycles. The van der Waals surface area contributed by atoms with Crippen molar-refractivity contribution >= 4 is 5.69 Å². The van der Waals surface area contributed by atoms with Gasteiger partial charge in [0.1, 0.15) is 11.6 Å². The number of aromatic nitrogens is 1. The van der Waals surface area contributed by atoms with Crippen LogP contribution in [-0.2, 0) is 6.54 Å². The summed E-state index contributed by atoms with van der Waals surface area (Å²) in [6.07, 6.45) is 1.86. The van der Waals surface area contributed by atoms with Gasteiger partial charge in [-0.25, -0.2) is 4.39 Å². The van der Waals surface area contributed by atoms with Gasteiger partial charge in [0.25, 0.3) is 0 Å². The highest BCUT2D eigenvalue weighted by atomic mass is 19.1. The van der Waals surface area contributed by atoms with Crippen LogP contribution in [0.1, 0.15) is 5.69 Å². The molecule has 3 nitrogen and oxygen atoms in total. The Hall–Kier alpha value is -1.97. The lowest BCUT2D eigenvalue weighted by molar-refractivity contribution is 0.413. The second-order valence-corrected chi connectivity index (χ2v) is 3.39. The first-order valence-electron chi connectivity index (χ1n) is 4.99. The number of rotatable bonds is 4. The lowest BCUT2D eigenvalue weighted by Gasteiger charge is -2.10. The lowest BCUT2D eigenvalue weighted by Crippen LogP contribution is -2.01. The Morgan fingerprint density at radius 3 is 2.94 bits per heavy atom. The summed E-state index contributed by atoms with van der Waals surface area (Å²) >= 11 is 0. The van der Waals surface area contributed by atoms with Crippen molar-refractivity contribution in [3.05, 3.63) is 48.0 Å². The second kappa shape index (κ2) is 4.70. The third kappa shape index (κ3) is 2.34. The minimum absolute atomic E-state index is 0.303. The Morgan fingerprint density at radius 2 is 2.25 bits per heavy atom. The zero-order valence-electron chi connectivity index (χ0n) is 8.96. The van der Waals surface area contributed by atoms with E-state index in [0.717, 1.165) is 11.4 Å². The minimum atomic E-state index is -0.303. The van der Waals surface area contributed by atoms with Gasteiger partial charge in [-0.1, -0.05) is 0 Å². The maximum atomic E-state index is 12.9. The van der Waals surface area contributed by atoms with Gasteiger partial charge in [0.15, 0.2) is 0 Å². The number of benzene rings is 1. The molecule has 0 saturated carbocycles. The molecule has 0 fully saturated rings. The van der Waals surface area contributed by atoms with E-state index in [1.54, 1.807) is 6.07 Å². The molecule has 1 aromatic carbocycles. The molecule has 2 aromatic rings. The van der Waals surface area contributed by atoms with E-state index >= 15 is 0 Å². The van der Waals surface area contributed by atoms with Gasteiger partial charge in [-0.2, -0.15) is 0 Å². The second-order valence-electron chi connectivity index (χ2n) is 3.39. The van der Waals surface area contributed by atoms with Gasteiger partial charge < -0.3 is 15.0 Å². The van der Waals surface area contributed by atoms with Crippen LogP contribution < -0.4 is 10.1 Å². The molecule has 2 N–H and O–H groups in total. The highest BCUT2D eigenvalue weighted by Gasteiger charge is 2.03. The molecular weight excluding hydrogens is 207 g/mol. The molecule has 1 aromatic heterocycles. The first kappa shape index (κ1) is 10.5. The molecule has 0 amide bonds. The summed E-state index contributed by atoms with van der Waals surface area (Å²) in [6, 6.07) is 8.33. The highest BCUT2D eigenvalue weighted by molar-refractivity contribution is 5.56. The quantitative estimate of drug-likeness (QED) is 0.831. The zero-order chi connectivity index (χ0) is 11.4. The van der Waals surface area contributed by atoms with Crippen molar-refractivity contribution < 1.29 is 9.13 Å². The van der Waals surface area contributed by atoms with Gasteiger partial charge in [0.2, 0.25) is 0 Å². The highest BCUT2D eigenvalue weighted by Crippen LogP contribution is 2.25. The predicted molar refractivity (Wildman–Crippen MR) is 61.1 cm³/mol. The molecule has 0 aliphatic rings. The van der Waals surface area contributed by atoms with Crippen LogP contribution in [-0.4, -0.2) is 12.1 Å². The molecule has 0 unspecified atom stereocenters. The molecule has 1 heterocycles. The van der Waals surface area contributed by atoms with Crippen LogP contribution in [0.3, 0.4) is 0 Å². The van der Waals surface area contributed by atoms with Crippen molar-refractivity contribution in [3.8, 4) is 5.75 Å². The van der Waals surface area contributed by atoms with Gasteiger partial charge in [0.05, 0.1) is 19.3 Å². The summed E-state index contributed by atoms with van der Waals surface area (Å²) in [6.45, 7) is 0.648. The number of H-pyrrole nitrogens is 1. The Labute approximate surface area is 93.3 Å². The lowest BCUT2D eigenvalue weighted by atomic mass is 10.2. The fourth-order valence-corrected chi connectivity index (χ4v) is 1.48. The molecule has 0 radical (unpaired) electrons. The standard InChI is InChI=1S/C12H13FN2O/c1-16-12-7-9(13)4-5-11(12)15-8-10-3-2-6-14-10/h2-7,14-15H,8H2,1H3. The van der Waals surface area contributed by atoms with Crippen molar-refractivity contribution in [2.24, 2.45) is 0 Å². The predicted octanol–water partition coefficient (Wildman–Crippen LogP) is 2.77. The van der Waals surface area contributed by atoms with Crippen molar-refractivity contribution in [1.82, 2.24) is 4.98 Å². The first-order valence-corrected chi connectivity index (χ1v) is 4.99. The van der Waals surface area contributed by atoms with Gasteiger partial charge in [-0.15, -0.1) is 0 Å². The number of hydrogen-bond donors (Lipinski definition) is 2. The van der Waals surface area contributed by atoms with Crippen molar-refractivity contribution in [2.45, 2.75) is 6.54 Å². The molecule has 0 spiro atoms. The summed E-state index contributed by atoms with van der Waals surface area (Å²) < 4.78 is 18.0. The fourth-order valence-electron chi connectivity index (χ4n) is 1.48. The zero-order valence-corrected chi connectivity index (χ0v) is 8.96. The number of nitrogens with one attached hydrogen (secondary N) is 2. The summed E-state index contributed by atoms with van der Waals surface area (Å²) in [5.41, 5.74) is 1.84. The molecule has 84 valence electrons. The van der Waals surface area contributed by atoms with Crippen LogP contribution in [0.4, 0.5) is 10.1 Å². The van der Waals surface area contributed by atoms with E-state index in [1.807, 2.05) is 18.3 Å². The minimum Gasteiger partial charge on any atom is -0.494 e. The van der Waals surface area contributed by atoms with Crippen LogP contribution in [0.25, 0.3) is 0 Å². The van der Waals surface area contributed by atoms with Crippen LogP contribution >= 0.6 is 0 Å². The van der Waals surface area contributed by atoms with E-state index in [0.29, 0.717) is 12.3 Å². The van der Waals surface area contributed by atoms with E-state index in [-0.39, 0.29) is 5.82 Å². The molecule has 0 bridgehead atoms. The number of anilines is 1. The normalized spacial score (nSPS) is 10.1. The monoisotopic (exact) mass is 220 g/mol. The Bertz CT molecular complexity index is 454. The average molecular weight is 220 g/mol. The van der Waals surface area contributed by atoms with Gasteiger partial charge in [-0.05, 0) is 24.3 Å². The van der Waals surface area contributed by atoms with Crippen molar-refractivity contribution in [1.29, 1.82) is 0 Å². The number of aromatic amines is 1. The van der Waals surface area contributed by atoms with E-state index in [9.17, 15) is 4.39 Å². The van der Waals surface area contributed by atoms with E-state index in [2.05, 4.69) is 10.3 Å².